The SMILES string of the molecule is CCCCCCCCCCCCCCCCCCCCCCCCCC(=O)OC(COCCCCCCCCCCCCCCCC)COP(=O)(O)OCC(N)C(=O)O. The van der Waals surface area contributed by atoms with Gasteiger partial charge in [0.05, 0.1) is 19.8 Å². The van der Waals surface area contributed by atoms with Gasteiger partial charge in [0.15, 0.2) is 0 Å². The Kier molecular flexibility index (Phi) is 44.2. The molecule has 0 spiro atoms. The van der Waals surface area contributed by atoms with Crippen molar-refractivity contribution in [3.8, 4) is 0 Å². The largest absolute Gasteiger partial charge is 0.480 e. The topological polar surface area (TPSA) is 155 Å². The summed E-state index contributed by atoms with van der Waals surface area (Å²) in [5, 5.41) is 8.91. The summed E-state index contributed by atoms with van der Waals surface area (Å²) in [6.45, 7) is 3.95. The molecule has 0 aliphatic rings. The van der Waals surface area contributed by atoms with Crippen LogP contribution in [0.1, 0.15) is 258 Å². The van der Waals surface area contributed by atoms with Crippen molar-refractivity contribution >= 4 is 19.8 Å². The van der Waals surface area contributed by atoms with Gasteiger partial charge in [-0.2, -0.15) is 0 Å². The third kappa shape index (κ3) is 44.8. The summed E-state index contributed by atoms with van der Waals surface area (Å²) in [6.07, 6.45) is 47.3. The molecule has 3 atom stereocenters. The van der Waals surface area contributed by atoms with Crippen molar-refractivity contribution in [2.24, 2.45) is 5.73 Å². The molecule has 3 unspecified atom stereocenters. The van der Waals surface area contributed by atoms with Gasteiger partial charge in [-0.3, -0.25) is 18.6 Å². The molecule has 0 aromatic carbocycles. The minimum atomic E-state index is -4.61. The van der Waals surface area contributed by atoms with Gasteiger partial charge in [0.2, 0.25) is 0 Å². The van der Waals surface area contributed by atoms with Crippen LogP contribution in [-0.4, -0.2) is 60.5 Å². The van der Waals surface area contributed by atoms with Gasteiger partial charge in [-0.1, -0.05) is 239 Å². The maximum absolute atomic E-state index is 12.7. The number of carbonyl (C=O) groups excluding carboxylic acids is 1. The number of carbonyl (C=O) groups is 2. The minimum absolute atomic E-state index is 0.0260. The fourth-order valence-electron chi connectivity index (χ4n) is 7.49. The van der Waals surface area contributed by atoms with Gasteiger partial charge in [-0.15, -0.1) is 0 Å². The standard InChI is InChI=1S/C48H96NO9P/c1-3-5-7-9-11-13-15-17-19-20-21-22-23-24-25-26-27-28-30-32-34-36-38-40-47(50)58-45(43-56-59(53,54)57-44-46(49)48(51)52)42-55-41-39-37-35-33-31-29-18-16-14-12-10-8-6-4-2/h45-46H,3-44,49H2,1-2H3,(H,51,52)(H,53,54). The molecule has 10 nitrogen and oxygen atoms in total. The van der Waals surface area contributed by atoms with E-state index < -0.39 is 45.1 Å². The molecule has 0 saturated carbocycles. The summed E-state index contributed by atoms with van der Waals surface area (Å²) in [5.41, 5.74) is 5.37. The van der Waals surface area contributed by atoms with Crippen LogP contribution in [0, 0.1) is 0 Å². The molecule has 0 saturated heterocycles. The highest BCUT2D eigenvalue weighted by molar-refractivity contribution is 7.47. The number of phosphoric ester groups is 1. The maximum atomic E-state index is 12.7. The Morgan fingerprint density at radius 2 is 0.780 bits per heavy atom. The van der Waals surface area contributed by atoms with Crippen molar-refractivity contribution in [1.29, 1.82) is 0 Å². The molecule has 0 bridgehead atoms. The number of carboxylic acid groups (broad SMARTS) is 1. The lowest BCUT2D eigenvalue weighted by Gasteiger charge is -2.20. The average molecular weight is 862 g/mol. The van der Waals surface area contributed by atoms with E-state index in [-0.39, 0.29) is 13.0 Å². The summed E-state index contributed by atoms with van der Waals surface area (Å²) >= 11 is 0. The Morgan fingerprint density at radius 3 is 1.12 bits per heavy atom. The zero-order valence-corrected chi connectivity index (χ0v) is 39.5. The van der Waals surface area contributed by atoms with E-state index in [4.69, 9.17) is 29.4 Å². The number of phosphoric acid groups is 1. The van der Waals surface area contributed by atoms with Crippen molar-refractivity contribution in [2.45, 2.75) is 270 Å². The van der Waals surface area contributed by atoms with Crippen LogP contribution in [0.4, 0.5) is 0 Å². The summed E-state index contributed by atoms with van der Waals surface area (Å²) in [4.78, 5) is 33.6. The number of rotatable bonds is 49. The first-order chi connectivity index (χ1) is 28.7. The molecule has 352 valence electrons. The van der Waals surface area contributed by atoms with Gasteiger partial charge < -0.3 is 25.2 Å². The fourth-order valence-corrected chi connectivity index (χ4v) is 8.27. The van der Waals surface area contributed by atoms with E-state index in [0.717, 1.165) is 38.5 Å². The molecule has 4 N–H and O–H groups in total. The number of carboxylic acids is 1. The van der Waals surface area contributed by atoms with Gasteiger partial charge in [0, 0.05) is 13.0 Å². The first-order valence-electron chi connectivity index (χ1n) is 25.1. The van der Waals surface area contributed by atoms with Crippen molar-refractivity contribution < 1.29 is 42.7 Å². The molecule has 0 aliphatic heterocycles. The summed E-state index contributed by atoms with van der Waals surface area (Å²) in [6, 6.07) is -1.47. The predicted molar refractivity (Wildman–Crippen MR) is 245 cm³/mol. The van der Waals surface area contributed by atoms with E-state index in [1.165, 1.54) is 199 Å². The summed E-state index contributed by atoms with van der Waals surface area (Å²) in [7, 11) is -4.61. The lowest BCUT2D eigenvalue weighted by atomic mass is 10.0. The first kappa shape index (κ1) is 58.0. The quantitative estimate of drug-likeness (QED) is 0.0306. The van der Waals surface area contributed by atoms with Gasteiger partial charge >= 0.3 is 19.8 Å². The van der Waals surface area contributed by atoms with Crippen LogP contribution in [0.2, 0.25) is 0 Å². The van der Waals surface area contributed by atoms with E-state index >= 15 is 0 Å². The average Bonchev–Trinajstić information content (AvgIpc) is 3.21. The Bertz CT molecular complexity index is 955. The fraction of sp³-hybridized carbons (Fsp3) is 0.958. The number of nitrogens with two attached hydrogens (primary N) is 1. The van der Waals surface area contributed by atoms with E-state index in [0.29, 0.717) is 6.61 Å². The molecule has 0 fully saturated rings. The molecule has 59 heavy (non-hydrogen) atoms. The highest BCUT2D eigenvalue weighted by atomic mass is 31.2. The lowest BCUT2D eigenvalue weighted by molar-refractivity contribution is -0.154. The second-order valence-electron chi connectivity index (χ2n) is 17.3. The van der Waals surface area contributed by atoms with Crippen molar-refractivity contribution in [3.05, 3.63) is 0 Å². The monoisotopic (exact) mass is 862 g/mol. The molecule has 0 aromatic heterocycles. The molecule has 0 aromatic rings. The number of unbranched alkanes of at least 4 members (excludes halogenated alkanes) is 35. The molecule has 11 heteroatoms. The smallest absolute Gasteiger partial charge is 0.472 e. The summed E-state index contributed by atoms with van der Waals surface area (Å²) < 4.78 is 33.5. The zero-order chi connectivity index (χ0) is 43.3. The maximum Gasteiger partial charge on any atom is 0.472 e. The first-order valence-corrected chi connectivity index (χ1v) is 26.6. The van der Waals surface area contributed by atoms with E-state index in [2.05, 4.69) is 13.8 Å². The van der Waals surface area contributed by atoms with E-state index in [9.17, 15) is 19.0 Å². The molecule has 0 radical (unpaired) electrons. The molecular formula is C48H96NO9P. The Balaban J connectivity index is 4.05. The zero-order valence-electron chi connectivity index (χ0n) is 38.6. The number of hydrogen-bond acceptors (Lipinski definition) is 8. The second kappa shape index (κ2) is 45.0. The van der Waals surface area contributed by atoms with Crippen LogP contribution >= 0.6 is 7.82 Å². The van der Waals surface area contributed by atoms with Crippen LogP contribution < -0.4 is 5.73 Å². The summed E-state index contributed by atoms with van der Waals surface area (Å²) in [5.74, 6) is -1.76. The van der Waals surface area contributed by atoms with Crippen molar-refractivity contribution in [1.82, 2.24) is 0 Å². The van der Waals surface area contributed by atoms with Crippen LogP contribution in [0.25, 0.3) is 0 Å². The third-order valence-electron chi connectivity index (χ3n) is 11.4. The van der Waals surface area contributed by atoms with E-state index in [1.54, 1.807) is 0 Å². The Labute approximate surface area is 363 Å². The van der Waals surface area contributed by atoms with E-state index in [1.807, 2.05) is 0 Å². The highest BCUT2D eigenvalue weighted by Gasteiger charge is 2.27. The number of ether oxygens (including phenoxy) is 2. The van der Waals surface area contributed by atoms with Crippen LogP contribution in [0.5, 0.6) is 0 Å². The molecular weight excluding hydrogens is 766 g/mol. The molecule has 0 heterocycles. The van der Waals surface area contributed by atoms with Gasteiger partial charge in [-0.05, 0) is 12.8 Å². The number of esters is 1. The Hall–Kier alpha value is -1.03. The van der Waals surface area contributed by atoms with Crippen LogP contribution in [-0.2, 0) is 32.7 Å². The van der Waals surface area contributed by atoms with Gasteiger partial charge in [-0.25, -0.2) is 4.57 Å². The molecule has 0 aliphatic carbocycles. The predicted octanol–water partition coefficient (Wildman–Crippen LogP) is 14.3. The lowest BCUT2D eigenvalue weighted by Crippen LogP contribution is -2.34. The highest BCUT2D eigenvalue weighted by Crippen LogP contribution is 2.43. The Morgan fingerprint density at radius 1 is 0.475 bits per heavy atom. The second-order valence-corrected chi connectivity index (χ2v) is 18.8. The van der Waals surface area contributed by atoms with Crippen LogP contribution in [0.3, 0.4) is 0 Å². The van der Waals surface area contributed by atoms with Crippen molar-refractivity contribution in [2.75, 3.05) is 26.4 Å². The van der Waals surface area contributed by atoms with Crippen LogP contribution in [0.15, 0.2) is 0 Å². The minimum Gasteiger partial charge on any atom is -0.480 e. The molecule has 0 amide bonds. The van der Waals surface area contributed by atoms with Crippen molar-refractivity contribution in [3.63, 3.8) is 0 Å². The number of aliphatic carboxylic acids is 1. The number of hydrogen-bond donors (Lipinski definition) is 3. The normalized spacial score (nSPS) is 13.7. The third-order valence-corrected chi connectivity index (χ3v) is 12.3. The molecule has 0 rings (SSSR count). The van der Waals surface area contributed by atoms with Gasteiger partial charge in [0.1, 0.15) is 12.1 Å². The van der Waals surface area contributed by atoms with Gasteiger partial charge in [0.25, 0.3) is 0 Å².